The number of nitrogens with zero attached hydrogens (tertiary/aromatic N) is 1. The van der Waals surface area contributed by atoms with Gasteiger partial charge in [-0.15, -0.1) is 0 Å². The molecule has 0 heterocycles. The van der Waals surface area contributed by atoms with Gasteiger partial charge in [-0.2, -0.15) is 0 Å². The number of rotatable bonds is 6. The standard InChI is InChI=1S/C12H18N2O2/c1-10(7-8-16-2)9-11-3-5-12(6-4-11)14(13)15/h3-6,10,13H,7-9H2,1-2H3. The van der Waals surface area contributed by atoms with E-state index in [0.717, 1.165) is 19.4 Å². The third-order valence-electron chi connectivity index (χ3n) is 2.57. The number of methoxy groups -OCH3 is 1. The van der Waals surface area contributed by atoms with Crippen LogP contribution in [0.1, 0.15) is 18.9 Å². The van der Waals surface area contributed by atoms with Gasteiger partial charge in [-0.1, -0.05) is 23.9 Å². The lowest BCUT2D eigenvalue weighted by Gasteiger charge is -2.10. The van der Waals surface area contributed by atoms with Crippen LogP contribution in [0, 0.1) is 16.7 Å². The van der Waals surface area contributed by atoms with Crippen molar-refractivity contribution < 1.29 is 9.60 Å². The van der Waals surface area contributed by atoms with Crippen molar-refractivity contribution in [2.75, 3.05) is 13.7 Å². The molecule has 0 radical (unpaired) electrons. The highest BCUT2D eigenvalue weighted by Crippen LogP contribution is 2.16. The van der Waals surface area contributed by atoms with Gasteiger partial charge in [-0.3, -0.25) is 0 Å². The lowest BCUT2D eigenvalue weighted by molar-refractivity contribution is -0.465. The molecule has 0 aliphatic carbocycles. The summed E-state index contributed by atoms with van der Waals surface area (Å²) in [5.41, 5.74) is 8.44. The van der Waals surface area contributed by atoms with E-state index in [1.54, 1.807) is 19.2 Å². The minimum Gasteiger partial charge on any atom is -0.594 e. The maximum absolute atomic E-state index is 10.7. The van der Waals surface area contributed by atoms with E-state index in [2.05, 4.69) is 6.92 Å². The Balaban J connectivity index is 2.51. The Morgan fingerprint density at radius 3 is 2.50 bits per heavy atom. The highest BCUT2D eigenvalue weighted by Gasteiger charge is 2.05. The number of hydrogen-bond acceptors (Lipinski definition) is 3. The average molecular weight is 222 g/mol. The van der Waals surface area contributed by atoms with E-state index >= 15 is 0 Å². The predicted octanol–water partition coefficient (Wildman–Crippen LogP) is 3.07. The third-order valence-corrected chi connectivity index (χ3v) is 2.57. The predicted molar refractivity (Wildman–Crippen MR) is 61.8 cm³/mol. The van der Waals surface area contributed by atoms with Gasteiger partial charge in [0.2, 0.25) is 5.69 Å². The summed E-state index contributed by atoms with van der Waals surface area (Å²) >= 11 is 0. The van der Waals surface area contributed by atoms with Crippen LogP contribution < -0.4 is 0 Å². The Bertz CT molecular complexity index is 335. The molecule has 0 saturated carbocycles. The number of nitrogens with one attached hydrogen (secondary N) is 1. The zero-order valence-electron chi connectivity index (χ0n) is 9.77. The lowest BCUT2D eigenvalue weighted by atomic mass is 9.98. The van der Waals surface area contributed by atoms with Crippen LogP contribution in [0.3, 0.4) is 0 Å². The second kappa shape index (κ2) is 6.23. The van der Waals surface area contributed by atoms with Crippen molar-refractivity contribution >= 4 is 5.69 Å². The Morgan fingerprint density at radius 2 is 2.00 bits per heavy atom. The molecule has 0 aliphatic heterocycles. The maximum atomic E-state index is 10.7. The highest BCUT2D eigenvalue weighted by molar-refractivity contribution is 5.32. The molecule has 1 atom stereocenters. The molecule has 0 saturated heterocycles. The van der Waals surface area contributed by atoms with E-state index in [0.29, 0.717) is 11.6 Å². The number of benzene rings is 1. The maximum Gasteiger partial charge on any atom is 0.244 e. The van der Waals surface area contributed by atoms with Crippen molar-refractivity contribution in [3.05, 3.63) is 35.0 Å². The van der Waals surface area contributed by atoms with Crippen molar-refractivity contribution in [2.45, 2.75) is 19.8 Å². The van der Waals surface area contributed by atoms with Gasteiger partial charge >= 0.3 is 0 Å². The second-order valence-corrected chi connectivity index (χ2v) is 4.05. The highest BCUT2D eigenvalue weighted by atomic mass is 16.5. The first kappa shape index (κ1) is 12.6. The van der Waals surface area contributed by atoms with Crippen molar-refractivity contribution in [1.82, 2.24) is 0 Å². The summed E-state index contributed by atoms with van der Waals surface area (Å²) in [6.45, 7) is 2.96. The molecule has 88 valence electrons. The minimum absolute atomic E-state index is 0.123. The summed E-state index contributed by atoms with van der Waals surface area (Å²) in [6, 6.07) is 7.16. The normalized spacial score (nSPS) is 12.4. The van der Waals surface area contributed by atoms with Gasteiger partial charge in [0.05, 0.1) is 0 Å². The molecule has 1 aromatic carbocycles. The zero-order chi connectivity index (χ0) is 12.0. The molecule has 0 fully saturated rings. The summed E-state index contributed by atoms with van der Waals surface area (Å²) in [6.07, 6.45) is 2.00. The number of hydrogen-bond donors (Lipinski definition) is 1. The van der Waals surface area contributed by atoms with Crippen LogP contribution in [0.4, 0.5) is 5.69 Å². The SMILES string of the molecule is COCCC(C)Cc1ccc([N+](=N)[O-])cc1. The first-order chi connectivity index (χ1) is 7.63. The van der Waals surface area contributed by atoms with Gasteiger partial charge < -0.3 is 9.94 Å². The van der Waals surface area contributed by atoms with Crippen LogP contribution in [0.2, 0.25) is 0 Å². The molecule has 4 heteroatoms. The molecule has 0 aliphatic rings. The molecule has 1 unspecified atom stereocenters. The van der Waals surface area contributed by atoms with E-state index in [4.69, 9.17) is 10.3 Å². The molecule has 0 spiro atoms. The first-order valence-electron chi connectivity index (χ1n) is 5.40. The van der Waals surface area contributed by atoms with Gasteiger partial charge in [-0.05, 0) is 29.9 Å². The summed E-state index contributed by atoms with van der Waals surface area (Å²) in [5.74, 6) is 0.560. The number of ether oxygens (including phenoxy) is 1. The molecule has 1 rings (SSSR count). The third kappa shape index (κ3) is 3.98. The molecular formula is C12H18N2O2. The molecule has 0 amide bonds. The molecule has 0 aromatic heterocycles. The first-order valence-corrected chi connectivity index (χ1v) is 5.40. The van der Waals surface area contributed by atoms with Crippen LogP contribution in [0.5, 0.6) is 0 Å². The van der Waals surface area contributed by atoms with Crippen LogP contribution in [-0.2, 0) is 11.2 Å². The Kier molecular flexibility index (Phi) is 4.92. The van der Waals surface area contributed by atoms with Crippen molar-refractivity contribution in [2.24, 2.45) is 5.92 Å². The van der Waals surface area contributed by atoms with Gasteiger partial charge in [0.15, 0.2) is 0 Å². The van der Waals surface area contributed by atoms with Crippen molar-refractivity contribution in [3.63, 3.8) is 0 Å². The smallest absolute Gasteiger partial charge is 0.244 e. The van der Waals surface area contributed by atoms with E-state index in [-0.39, 0.29) is 4.86 Å². The summed E-state index contributed by atoms with van der Waals surface area (Å²) in [5, 5.41) is 10.7. The lowest BCUT2D eigenvalue weighted by Crippen LogP contribution is -2.03. The fourth-order valence-electron chi connectivity index (χ4n) is 1.59. The van der Waals surface area contributed by atoms with E-state index < -0.39 is 0 Å². The molecule has 16 heavy (non-hydrogen) atoms. The topological polar surface area (TPSA) is 59.2 Å². The largest absolute Gasteiger partial charge is 0.594 e. The summed E-state index contributed by atoms with van der Waals surface area (Å²) < 4.78 is 5.03. The van der Waals surface area contributed by atoms with Gasteiger partial charge in [-0.25, -0.2) is 0 Å². The second-order valence-electron chi connectivity index (χ2n) is 4.05. The minimum atomic E-state index is 0.123. The van der Waals surface area contributed by atoms with Crippen molar-refractivity contribution in [1.29, 1.82) is 5.53 Å². The van der Waals surface area contributed by atoms with Gasteiger partial charge in [0.1, 0.15) is 0 Å². The van der Waals surface area contributed by atoms with Crippen LogP contribution >= 0.6 is 0 Å². The van der Waals surface area contributed by atoms with Crippen LogP contribution in [0.15, 0.2) is 24.3 Å². The Morgan fingerprint density at radius 1 is 1.38 bits per heavy atom. The Hall–Kier alpha value is -1.42. The van der Waals surface area contributed by atoms with E-state index in [1.807, 2.05) is 12.1 Å². The monoisotopic (exact) mass is 222 g/mol. The zero-order valence-corrected chi connectivity index (χ0v) is 9.77. The van der Waals surface area contributed by atoms with Crippen molar-refractivity contribution in [3.8, 4) is 0 Å². The summed E-state index contributed by atoms with van der Waals surface area (Å²) in [7, 11) is 1.71. The molecule has 1 N–H and O–H groups in total. The van der Waals surface area contributed by atoms with Crippen LogP contribution in [0.25, 0.3) is 0 Å². The van der Waals surface area contributed by atoms with Gasteiger partial charge in [0, 0.05) is 25.8 Å². The molecule has 0 bridgehead atoms. The van der Waals surface area contributed by atoms with E-state index in [1.165, 1.54) is 5.56 Å². The Labute approximate surface area is 95.9 Å². The van der Waals surface area contributed by atoms with Crippen LogP contribution in [-0.4, -0.2) is 18.6 Å². The quantitative estimate of drug-likeness (QED) is 0.457. The summed E-state index contributed by atoms with van der Waals surface area (Å²) in [4.78, 5) is 0.123. The van der Waals surface area contributed by atoms with E-state index in [9.17, 15) is 5.21 Å². The average Bonchev–Trinajstić information content (AvgIpc) is 2.27. The fourth-order valence-corrected chi connectivity index (χ4v) is 1.59. The molecule has 4 nitrogen and oxygen atoms in total. The fraction of sp³-hybridized carbons (Fsp3) is 0.500. The molecular weight excluding hydrogens is 204 g/mol. The molecule has 1 aromatic rings. The van der Waals surface area contributed by atoms with Gasteiger partial charge in [0.25, 0.3) is 0 Å².